The molecule has 0 bridgehead atoms. The molecule has 4 heteroatoms. The largest absolute Gasteiger partial charge is 0.393 e. The second kappa shape index (κ2) is 4.94. The van der Waals surface area contributed by atoms with Crippen molar-refractivity contribution in [2.75, 3.05) is 19.6 Å². The van der Waals surface area contributed by atoms with Crippen LogP contribution in [0.2, 0.25) is 0 Å². The fraction of sp³-hybridized carbons (Fsp3) is 0.909. The standard InChI is InChI=1S/C11H22N2O2/c1-3-11(2,8-12)10(15)13-6-4-9(14)5-7-13/h9,14H,3-8,12H2,1-2H3. The lowest BCUT2D eigenvalue weighted by atomic mass is 9.85. The summed E-state index contributed by atoms with van der Waals surface area (Å²) in [6, 6.07) is 0. The highest BCUT2D eigenvalue weighted by Crippen LogP contribution is 2.24. The molecule has 3 N–H and O–H groups in total. The zero-order chi connectivity index (χ0) is 11.5. The van der Waals surface area contributed by atoms with E-state index in [0.717, 1.165) is 6.42 Å². The summed E-state index contributed by atoms with van der Waals surface area (Å²) >= 11 is 0. The van der Waals surface area contributed by atoms with E-state index in [0.29, 0.717) is 32.5 Å². The Morgan fingerprint density at radius 2 is 2.07 bits per heavy atom. The molecule has 1 fully saturated rings. The average Bonchev–Trinajstić information content (AvgIpc) is 2.28. The van der Waals surface area contributed by atoms with Crippen molar-refractivity contribution < 1.29 is 9.90 Å². The van der Waals surface area contributed by atoms with Crippen molar-refractivity contribution in [2.24, 2.45) is 11.1 Å². The maximum absolute atomic E-state index is 12.2. The molecule has 15 heavy (non-hydrogen) atoms. The van der Waals surface area contributed by atoms with E-state index < -0.39 is 5.41 Å². The molecule has 1 amide bonds. The third-order valence-corrected chi connectivity index (χ3v) is 3.50. The maximum atomic E-state index is 12.2. The van der Waals surface area contributed by atoms with Crippen molar-refractivity contribution >= 4 is 5.91 Å². The van der Waals surface area contributed by atoms with Gasteiger partial charge in [0.25, 0.3) is 0 Å². The average molecular weight is 214 g/mol. The maximum Gasteiger partial charge on any atom is 0.229 e. The SMILES string of the molecule is CCC(C)(CN)C(=O)N1CCC(O)CC1. The third-order valence-electron chi connectivity index (χ3n) is 3.50. The molecule has 1 aliphatic heterocycles. The van der Waals surface area contributed by atoms with Gasteiger partial charge in [-0.2, -0.15) is 0 Å². The van der Waals surface area contributed by atoms with Gasteiger partial charge in [-0.05, 0) is 26.2 Å². The molecule has 1 rings (SSSR count). The molecule has 0 aliphatic carbocycles. The number of aliphatic hydroxyl groups is 1. The number of hydrogen-bond donors (Lipinski definition) is 2. The molecule has 0 aromatic rings. The second-order valence-electron chi connectivity index (χ2n) is 4.64. The Labute approximate surface area is 91.4 Å². The van der Waals surface area contributed by atoms with Crippen molar-refractivity contribution in [3.63, 3.8) is 0 Å². The van der Waals surface area contributed by atoms with Crippen LogP contribution in [-0.4, -0.2) is 41.7 Å². The molecule has 1 heterocycles. The first-order valence-electron chi connectivity index (χ1n) is 5.71. The van der Waals surface area contributed by atoms with Crippen LogP contribution in [0, 0.1) is 5.41 Å². The fourth-order valence-electron chi connectivity index (χ4n) is 1.83. The monoisotopic (exact) mass is 214 g/mol. The second-order valence-corrected chi connectivity index (χ2v) is 4.64. The molecule has 0 spiro atoms. The van der Waals surface area contributed by atoms with Crippen molar-refractivity contribution in [1.29, 1.82) is 0 Å². The van der Waals surface area contributed by atoms with E-state index in [4.69, 9.17) is 5.73 Å². The molecule has 0 aromatic heterocycles. The Bertz CT molecular complexity index is 219. The zero-order valence-corrected chi connectivity index (χ0v) is 9.70. The van der Waals surface area contributed by atoms with Crippen LogP contribution in [0.5, 0.6) is 0 Å². The molecule has 0 saturated carbocycles. The summed E-state index contributed by atoms with van der Waals surface area (Å²) in [4.78, 5) is 14.0. The van der Waals surface area contributed by atoms with Crippen LogP contribution >= 0.6 is 0 Å². The van der Waals surface area contributed by atoms with E-state index >= 15 is 0 Å². The van der Waals surface area contributed by atoms with E-state index in [1.807, 2.05) is 18.7 Å². The van der Waals surface area contributed by atoms with Crippen LogP contribution in [-0.2, 0) is 4.79 Å². The Morgan fingerprint density at radius 1 is 1.53 bits per heavy atom. The lowest BCUT2D eigenvalue weighted by molar-refractivity contribution is -0.143. The lowest BCUT2D eigenvalue weighted by Crippen LogP contribution is -2.49. The Kier molecular flexibility index (Phi) is 4.11. The summed E-state index contributed by atoms with van der Waals surface area (Å²) in [6.45, 7) is 5.62. The number of nitrogens with two attached hydrogens (primary N) is 1. The minimum Gasteiger partial charge on any atom is -0.393 e. The minimum atomic E-state index is -0.428. The summed E-state index contributed by atoms with van der Waals surface area (Å²) in [5.74, 6) is 0.138. The van der Waals surface area contributed by atoms with E-state index in [1.54, 1.807) is 0 Å². The molecule has 1 atom stereocenters. The number of carbonyl (C=O) groups excluding carboxylic acids is 1. The number of rotatable bonds is 3. The topological polar surface area (TPSA) is 66.6 Å². The van der Waals surface area contributed by atoms with Gasteiger partial charge in [0.2, 0.25) is 5.91 Å². The van der Waals surface area contributed by atoms with Gasteiger partial charge in [-0.3, -0.25) is 4.79 Å². The fourth-order valence-corrected chi connectivity index (χ4v) is 1.83. The van der Waals surface area contributed by atoms with E-state index in [2.05, 4.69) is 0 Å². The molecular formula is C11H22N2O2. The first kappa shape index (κ1) is 12.5. The Morgan fingerprint density at radius 3 is 2.47 bits per heavy atom. The normalized spacial score (nSPS) is 22.5. The minimum absolute atomic E-state index is 0.138. The number of nitrogens with zero attached hydrogens (tertiary/aromatic N) is 1. The van der Waals surface area contributed by atoms with Crippen molar-refractivity contribution in [3.8, 4) is 0 Å². The highest BCUT2D eigenvalue weighted by Gasteiger charge is 2.34. The number of piperidine rings is 1. The number of likely N-dealkylation sites (tertiary alicyclic amines) is 1. The zero-order valence-electron chi connectivity index (χ0n) is 9.70. The van der Waals surface area contributed by atoms with E-state index in [9.17, 15) is 9.90 Å². The Hall–Kier alpha value is -0.610. The molecule has 0 aromatic carbocycles. The van der Waals surface area contributed by atoms with Crippen LogP contribution in [0.25, 0.3) is 0 Å². The van der Waals surface area contributed by atoms with Gasteiger partial charge in [0.05, 0.1) is 11.5 Å². The van der Waals surface area contributed by atoms with Gasteiger partial charge < -0.3 is 15.7 Å². The van der Waals surface area contributed by atoms with Gasteiger partial charge in [-0.15, -0.1) is 0 Å². The van der Waals surface area contributed by atoms with Crippen molar-refractivity contribution in [3.05, 3.63) is 0 Å². The van der Waals surface area contributed by atoms with Crippen molar-refractivity contribution in [2.45, 2.75) is 39.2 Å². The quantitative estimate of drug-likeness (QED) is 0.712. The lowest BCUT2D eigenvalue weighted by Gasteiger charge is -2.36. The highest BCUT2D eigenvalue weighted by molar-refractivity contribution is 5.82. The number of aliphatic hydroxyl groups excluding tert-OH is 1. The summed E-state index contributed by atoms with van der Waals surface area (Å²) in [7, 11) is 0. The molecule has 88 valence electrons. The third kappa shape index (κ3) is 2.69. The first-order chi connectivity index (χ1) is 7.03. The van der Waals surface area contributed by atoms with Crippen molar-refractivity contribution in [1.82, 2.24) is 4.90 Å². The van der Waals surface area contributed by atoms with Gasteiger partial charge in [0.15, 0.2) is 0 Å². The summed E-state index contributed by atoms with van der Waals surface area (Å²) in [6.07, 6.45) is 1.91. The smallest absolute Gasteiger partial charge is 0.229 e. The van der Waals surface area contributed by atoms with Crippen LogP contribution in [0.4, 0.5) is 0 Å². The highest BCUT2D eigenvalue weighted by atomic mass is 16.3. The number of hydrogen-bond acceptors (Lipinski definition) is 3. The predicted molar refractivity (Wildman–Crippen MR) is 59.3 cm³/mol. The van der Waals surface area contributed by atoms with E-state index in [1.165, 1.54) is 0 Å². The number of amides is 1. The summed E-state index contributed by atoms with van der Waals surface area (Å²) < 4.78 is 0. The molecular weight excluding hydrogens is 192 g/mol. The van der Waals surface area contributed by atoms with Gasteiger partial charge >= 0.3 is 0 Å². The summed E-state index contributed by atoms with van der Waals surface area (Å²) in [5, 5.41) is 9.36. The summed E-state index contributed by atoms with van der Waals surface area (Å²) in [5.41, 5.74) is 5.23. The van der Waals surface area contributed by atoms with Gasteiger partial charge in [-0.25, -0.2) is 0 Å². The molecule has 4 nitrogen and oxygen atoms in total. The molecule has 0 radical (unpaired) electrons. The number of carbonyl (C=O) groups is 1. The van der Waals surface area contributed by atoms with Crippen LogP contribution < -0.4 is 5.73 Å². The van der Waals surface area contributed by atoms with Gasteiger partial charge in [0.1, 0.15) is 0 Å². The molecule has 1 saturated heterocycles. The van der Waals surface area contributed by atoms with E-state index in [-0.39, 0.29) is 12.0 Å². The molecule has 1 unspecified atom stereocenters. The van der Waals surface area contributed by atoms with Crippen LogP contribution in [0.3, 0.4) is 0 Å². The first-order valence-corrected chi connectivity index (χ1v) is 5.71. The van der Waals surface area contributed by atoms with Gasteiger partial charge in [-0.1, -0.05) is 6.92 Å². The van der Waals surface area contributed by atoms with Crippen LogP contribution in [0.15, 0.2) is 0 Å². The van der Waals surface area contributed by atoms with Crippen LogP contribution in [0.1, 0.15) is 33.1 Å². The Balaban J connectivity index is 2.60. The predicted octanol–water partition coefficient (Wildman–Crippen LogP) is 0.345. The molecule has 1 aliphatic rings. The van der Waals surface area contributed by atoms with Gasteiger partial charge in [0, 0.05) is 19.6 Å².